The Hall–Kier alpha value is -1.46. The number of aliphatic hydroxyl groups is 1. The molecule has 1 atom stereocenters. The van der Waals surface area contributed by atoms with Gasteiger partial charge in [0.25, 0.3) is 5.92 Å². The number of benzene rings is 1. The molecule has 3 rings (SSSR count). The lowest BCUT2D eigenvalue weighted by molar-refractivity contribution is -0.120. The Labute approximate surface area is 146 Å². The highest BCUT2D eigenvalue weighted by Crippen LogP contribution is 2.49. The Morgan fingerprint density at radius 2 is 1.96 bits per heavy atom. The van der Waals surface area contributed by atoms with Crippen LogP contribution in [0.2, 0.25) is 0 Å². The Bertz CT molecular complexity index is 792. The Balaban J connectivity index is 0.00000243. The molecule has 0 aromatic heterocycles. The van der Waals surface area contributed by atoms with Crippen molar-refractivity contribution in [1.29, 1.82) is 0 Å². The summed E-state index contributed by atoms with van der Waals surface area (Å²) in [5.74, 6) is -7.50. The van der Waals surface area contributed by atoms with Gasteiger partial charge in [-0.05, 0) is 12.1 Å². The molecule has 2 aliphatic rings. The van der Waals surface area contributed by atoms with Crippen LogP contribution in [0.1, 0.15) is 24.2 Å². The first-order valence-corrected chi connectivity index (χ1v) is 8.97. The lowest BCUT2D eigenvalue weighted by atomic mass is 9.90. The van der Waals surface area contributed by atoms with Crippen LogP contribution in [0.3, 0.4) is 0 Å². The van der Waals surface area contributed by atoms with Crippen LogP contribution in [0, 0.1) is 5.41 Å². The summed E-state index contributed by atoms with van der Waals surface area (Å²) in [7, 11) is -5.14. The summed E-state index contributed by atoms with van der Waals surface area (Å²) in [5, 5.41) is 9.81. The lowest BCUT2D eigenvalue weighted by Crippen LogP contribution is -2.44. The van der Waals surface area contributed by atoms with Gasteiger partial charge in [0.15, 0.2) is 0 Å². The summed E-state index contributed by atoms with van der Waals surface area (Å²) >= 11 is 0. The predicted molar refractivity (Wildman–Crippen MR) is 80.2 cm³/mol. The molecule has 1 aromatic rings. The standard InChI is InChI=1S/C15H16F4O5S.FH/c1-14(5-23-6-14)7-24-9-2-3-10(25(21,22)13(16)17)11-8(9)4-15(18,19)12(11)20;/h2-3,12-13,20H,4-7H2,1H3;1H. The van der Waals surface area contributed by atoms with E-state index in [4.69, 9.17) is 9.47 Å². The van der Waals surface area contributed by atoms with Gasteiger partial charge in [0, 0.05) is 23.0 Å². The van der Waals surface area contributed by atoms with Crippen LogP contribution < -0.4 is 4.74 Å². The van der Waals surface area contributed by atoms with Crippen molar-refractivity contribution in [3.8, 4) is 5.75 Å². The molecule has 1 aliphatic heterocycles. The largest absolute Gasteiger partial charge is 0.493 e. The van der Waals surface area contributed by atoms with Gasteiger partial charge in [-0.3, -0.25) is 4.70 Å². The highest BCUT2D eigenvalue weighted by Gasteiger charge is 2.51. The topological polar surface area (TPSA) is 72.8 Å². The number of halogens is 5. The summed E-state index contributed by atoms with van der Waals surface area (Å²) in [5.41, 5.74) is -1.28. The fourth-order valence-corrected chi connectivity index (χ4v) is 3.91. The monoisotopic (exact) mass is 404 g/mol. The van der Waals surface area contributed by atoms with Gasteiger partial charge in [0.05, 0.1) is 24.7 Å². The predicted octanol–water partition coefficient (Wildman–Crippen LogP) is 2.48. The third-order valence-electron chi connectivity index (χ3n) is 4.38. The highest BCUT2D eigenvalue weighted by molar-refractivity contribution is 7.91. The minimum atomic E-state index is -5.14. The third-order valence-corrected chi connectivity index (χ3v) is 5.82. The smallest absolute Gasteiger partial charge is 0.341 e. The van der Waals surface area contributed by atoms with Crippen molar-refractivity contribution in [3.05, 3.63) is 23.3 Å². The van der Waals surface area contributed by atoms with Crippen LogP contribution in [-0.4, -0.2) is 45.0 Å². The number of fused-ring (bicyclic) bond motifs is 1. The molecule has 1 fully saturated rings. The number of aliphatic hydroxyl groups excluding tert-OH is 1. The molecule has 0 spiro atoms. The van der Waals surface area contributed by atoms with E-state index in [0.717, 1.165) is 12.1 Å². The molecular formula is C15H17F5O5S. The minimum Gasteiger partial charge on any atom is -0.493 e. The summed E-state index contributed by atoms with van der Waals surface area (Å²) in [6.45, 7) is 2.83. The fourth-order valence-electron chi connectivity index (χ4n) is 2.91. The summed E-state index contributed by atoms with van der Waals surface area (Å²) in [6.07, 6.45) is -3.48. The summed E-state index contributed by atoms with van der Waals surface area (Å²) in [6, 6.07) is 1.85. The van der Waals surface area contributed by atoms with Crippen molar-refractivity contribution in [2.75, 3.05) is 19.8 Å². The van der Waals surface area contributed by atoms with Crippen molar-refractivity contribution in [2.24, 2.45) is 5.41 Å². The second kappa shape index (κ2) is 6.61. The van der Waals surface area contributed by atoms with Gasteiger partial charge in [-0.1, -0.05) is 6.92 Å². The first-order valence-electron chi connectivity index (χ1n) is 7.42. The van der Waals surface area contributed by atoms with Gasteiger partial charge in [0.1, 0.15) is 11.9 Å². The van der Waals surface area contributed by atoms with E-state index in [0.29, 0.717) is 13.2 Å². The normalized spacial score (nSPS) is 23.1. The zero-order chi connectivity index (χ0) is 18.6. The molecule has 1 saturated heterocycles. The molecule has 0 saturated carbocycles. The van der Waals surface area contributed by atoms with Crippen molar-refractivity contribution >= 4 is 9.84 Å². The lowest BCUT2D eigenvalue weighted by Gasteiger charge is -2.37. The van der Waals surface area contributed by atoms with Crippen molar-refractivity contribution in [3.63, 3.8) is 0 Å². The molecule has 1 N–H and O–H groups in total. The molecule has 0 amide bonds. The van der Waals surface area contributed by atoms with E-state index in [1.54, 1.807) is 0 Å². The van der Waals surface area contributed by atoms with E-state index in [1.165, 1.54) is 0 Å². The van der Waals surface area contributed by atoms with Crippen molar-refractivity contribution < 1.29 is 45.3 Å². The first-order chi connectivity index (χ1) is 11.5. The second-order valence-corrected chi connectivity index (χ2v) is 8.58. The van der Waals surface area contributed by atoms with Crippen LogP contribution in [0.25, 0.3) is 0 Å². The molecule has 1 unspecified atom stereocenters. The molecule has 1 aliphatic carbocycles. The van der Waals surface area contributed by atoms with Crippen LogP contribution >= 0.6 is 0 Å². The number of rotatable bonds is 5. The van der Waals surface area contributed by atoms with Gasteiger partial charge >= 0.3 is 5.76 Å². The zero-order valence-electron chi connectivity index (χ0n) is 13.5. The van der Waals surface area contributed by atoms with Gasteiger partial charge < -0.3 is 14.6 Å². The SMILES string of the molecule is CC1(COc2ccc(S(=O)(=O)C(F)F)c3c2CC(F)(F)C3O)COC1.F. The van der Waals surface area contributed by atoms with Crippen molar-refractivity contribution in [1.82, 2.24) is 0 Å². The fraction of sp³-hybridized carbons (Fsp3) is 0.600. The second-order valence-electron chi connectivity index (χ2n) is 6.69. The van der Waals surface area contributed by atoms with Crippen LogP contribution in [0.15, 0.2) is 17.0 Å². The number of hydrogen-bond donors (Lipinski definition) is 1. The first kappa shape index (κ1) is 20.8. The molecule has 1 heterocycles. The Morgan fingerprint density at radius 1 is 1.35 bits per heavy atom. The molecular weight excluding hydrogens is 387 g/mol. The van der Waals surface area contributed by atoms with E-state index >= 15 is 0 Å². The van der Waals surface area contributed by atoms with Gasteiger partial charge in [0.2, 0.25) is 9.84 Å². The molecule has 5 nitrogen and oxygen atoms in total. The van der Waals surface area contributed by atoms with E-state index in [2.05, 4.69) is 0 Å². The molecule has 26 heavy (non-hydrogen) atoms. The molecule has 0 bridgehead atoms. The van der Waals surface area contributed by atoms with Gasteiger partial charge in [-0.25, -0.2) is 17.2 Å². The summed E-state index contributed by atoms with van der Waals surface area (Å²) in [4.78, 5) is -0.993. The van der Waals surface area contributed by atoms with Crippen LogP contribution in [-0.2, 0) is 21.0 Å². The number of sulfone groups is 1. The third kappa shape index (κ3) is 3.27. The summed E-state index contributed by atoms with van der Waals surface area (Å²) < 4.78 is 87.6. The number of alkyl halides is 4. The zero-order valence-corrected chi connectivity index (χ0v) is 14.4. The average molecular weight is 404 g/mol. The Morgan fingerprint density at radius 3 is 2.46 bits per heavy atom. The minimum absolute atomic E-state index is 0. The van der Waals surface area contributed by atoms with E-state index in [9.17, 15) is 31.1 Å². The molecule has 11 heteroatoms. The van der Waals surface area contributed by atoms with E-state index < -0.39 is 44.5 Å². The average Bonchev–Trinajstić information content (AvgIpc) is 2.73. The highest BCUT2D eigenvalue weighted by atomic mass is 32.2. The maximum atomic E-state index is 13.9. The van der Waals surface area contributed by atoms with Crippen LogP contribution in [0.5, 0.6) is 5.75 Å². The van der Waals surface area contributed by atoms with Crippen molar-refractivity contribution in [2.45, 2.75) is 36.0 Å². The quantitative estimate of drug-likeness (QED) is 0.764. The molecule has 148 valence electrons. The number of ether oxygens (including phenoxy) is 2. The molecule has 1 aromatic carbocycles. The van der Waals surface area contributed by atoms with E-state index in [1.807, 2.05) is 6.92 Å². The number of hydrogen-bond acceptors (Lipinski definition) is 5. The Kier molecular flexibility index (Phi) is 5.30. The maximum Gasteiger partial charge on any atom is 0.341 e. The van der Waals surface area contributed by atoms with Gasteiger partial charge in [-0.2, -0.15) is 8.78 Å². The van der Waals surface area contributed by atoms with Crippen LogP contribution in [0.4, 0.5) is 22.3 Å². The van der Waals surface area contributed by atoms with E-state index in [-0.39, 0.29) is 28.0 Å². The molecule has 0 radical (unpaired) electrons. The maximum absolute atomic E-state index is 13.9. The van der Waals surface area contributed by atoms with Gasteiger partial charge in [-0.15, -0.1) is 0 Å².